The predicted molar refractivity (Wildman–Crippen MR) is 116 cm³/mol. The summed E-state index contributed by atoms with van der Waals surface area (Å²) in [5.74, 6) is -10.7. The standard InChI is InChI=1S/C22H15Cl3F7NO2/c1-9-12(16(34)4-5-20(28,29)22(30,31)32)7-11(8-15(9)27)33-19(35)18-17(21(18,24)25)10-2-3-14(26)13(23)6-10/h2-3,6-8,17-18H,4-5H2,1H3,(H,33,35). The van der Waals surface area contributed by atoms with E-state index in [-0.39, 0.29) is 16.3 Å². The number of carbonyl (C=O) groups excluding carboxylic acids is 2. The largest absolute Gasteiger partial charge is 0.453 e. The summed E-state index contributed by atoms with van der Waals surface area (Å²) in [7, 11) is 0. The molecular weight excluding hydrogens is 550 g/mol. The van der Waals surface area contributed by atoms with E-state index in [4.69, 9.17) is 34.8 Å². The van der Waals surface area contributed by atoms with Crippen molar-refractivity contribution in [1.82, 2.24) is 0 Å². The van der Waals surface area contributed by atoms with Gasteiger partial charge in [-0.1, -0.05) is 17.7 Å². The zero-order valence-electron chi connectivity index (χ0n) is 17.6. The van der Waals surface area contributed by atoms with Gasteiger partial charge >= 0.3 is 12.1 Å². The van der Waals surface area contributed by atoms with Crippen molar-refractivity contribution in [1.29, 1.82) is 0 Å². The first-order valence-electron chi connectivity index (χ1n) is 9.89. The molecule has 0 radical (unpaired) electrons. The van der Waals surface area contributed by atoms with Gasteiger partial charge in [0.05, 0.1) is 10.9 Å². The minimum Gasteiger partial charge on any atom is -0.326 e. The fourth-order valence-electron chi connectivity index (χ4n) is 3.58. The van der Waals surface area contributed by atoms with Gasteiger partial charge in [0.15, 0.2) is 5.78 Å². The number of nitrogens with one attached hydrogen (secondary N) is 1. The zero-order valence-corrected chi connectivity index (χ0v) is 19.8. The molecule has 2 aromatic carbocycles. The molecule has 2 atom stereocenters. The van der Waals surface area contributed by atoms with Gasteiger partial charge < -0.3 is 5.32 Å². The maximum absolute atomic E-state index is 14.4. The Bertz CT molecular complexity index is 1180. The Balaban J connectivity index is 1.78. The van der Waals surface area contributed by atoms with E-state index in [1.54, 1.807) is 0 Å². The third-order valence-electron chi connectivity index (χ3n) is 5.63. The highest BCUT2D eigenvalue weighted by molar-refractivity contribution is 6.53. The van der Waals surface area contributed by atoms with Crippen LogP contribution in [0.5, 0.6) is 0 Å². The van der Waals surface area contributed by atoms with Crippen LogP contribution >= 0.6 is 34.8 Å². The Hall–Kier alpha value is -2.04. The summed E-state index contributed by atoms with van der Waals surface area (Å²) in [4.78, 5) is 25.1. The molecule has 1 amide bonds. The molecule has 1 N–H and O–H groups in total. The van der Waals surface area contributed by atoms with Crippen LogP contribution in [0.4, 0.5) is 36.4 Å². The third-order valence-corrected chi connectivity index (χ3v) is 6.86. The number of rotatable bonds is 7. The SMILES string of the molecule is Cc1c(F)cc(NC(=O)C2C(c3ccc(F)c(Cl)c3)C2(Cl)Cl)cc1C(=O)CCC(F)(F)C(F)(F)F. The van der Waals surface area contributed by atoms with E-state index in [0.717, 1.165) is 25.1 Å². The van der Waals surface area contributed by atoms with Crippen molar-refractivity contribution in [3.63, 3.8) is 0 Å². The normalized spacial score (nSPS) is 19.4. The first kappa shape index (κ1) is 27.5. The van der Waals surface area contributed by atoms with Crippen LogP contribution in [0.3, 0.4) is 0 Å². The summed E-state index contributed by atoms with van der Waals surface area (Å²) in [6.45, 7) is 1.13. The molecule has 1 saturated carbocycles. The number of halogens is 10. The predicted octanol–water partition coefficient (Wildman–Crippen LogP) is 7.61. The van der Waals surface area contributed by atoms with Crippen LogP contribution in [-0.4, -0.2) is 28.1 Å². The Kier molecular flexibility index (Phi) is 7.43. The van der Waals surface area contributed by atoms with E-state index >= 15 is 0 Å². The second-order valence-electron chi connectivity index (χ2n) is 8.05. The molecule has 0 aliphatic heterocycles. The summed E-state index contributed by atoms with van der Waals surface area (Å²) < 4.78 is 89.6. The third kappa shape index (κ3) is 5.54. The van der Waals surface area contributed by atoms with Gasteiger partial charge in [0.25, 0.3) is 0 Å². The smallest absolute Gasteiger partial charge is 0.326 e. The lowest BCUT2D eigenvalue weighted by atomic mass is 9.98. The lowest BCUT2D eigenvalue weighted by molar-refractivity contribution is -0.283. The van der Waals surface area contributed by atoms with Gasteiger partial charge in [-0.05, 0) is 42.3 Å². The summed E-state index contributed by atoms with van der Waals surface area (Å²) >= 11 is 18.1. The van der Waals surface area contributed by atoms with Gasteiger partial charge in [-0.25, -0.2) is 8.78 Å². The van der Waals surface area contributed by atoms with Crippen LogP contribution in [-0.2, 0) is 4.79 Å². The summed E-state index contributed by atoms with van der Waals surface area (Å²) in [6, 6.07) is 5.43. The molecule has 1 fully saturated rings. The molecule has 190 valence electrons. The Morgan fingerprint density at radius 1 is 1.03 bits per heavy atom. The number of ketones is 1. The first-order valence-corrected chi connectivity index (χ1v) is 11.0. The molecule has 0 saturated heterocycles. The minimum atomic E-state index is -5.84. The van der Waals surface area contributed by atoms with E-state index in [0.29, 0.717) is 5.56 Å². The van der Waals surface area contributed by atoms with Gasteiger partial charge in [-0.3, -0.25) is 9.59 Å². The number of alkyl halides is 7. The molecule has 13 heteroatoms. The van der Waals surface area contributed by atoms with E-state index in [1.165, 1.54) is 12.1 Å². The summed E-state index contributed by atoms with van der Waals surface area (Å²) in [5, 5.41) is 2.09. The Morgan fingerprint density at radius 3 is 2.23 bits per heavy atom. The van der Waals surface area contributed by atoms with Gasteiger partial charge in [0.2, 0.25) is 5.91 Å². The maximum Gasteiger partial charge on any atom is 0.453 e. The van der Waals surface area contributed by atoms with Crippen molar-refractivity contribution in [3.8, 4) is 0 Å². The fourth-order valence-corrected chi connectivity index (χ4v) is 4.60. The Morgan fingerprint density at radius 2 is 1.66 bits per heavy atom. The second-order valence-corrected chi connectivity index (χ2v) is 9.90. The lowest BCUT2D eigenvalue weighted by Gasteiger charge is -2.19. The highest BCUT2D eigenvalue weighted by atomic mass is 35.5. The van der Waals surface area contributed by atoms with E-state index in [1.807, 2.05) is 0 Å². The molecule has 1 aliphatic carbocycles. The van der Waals surface area contributed by atoms with Crippen LogP contribution < -0.4 is 5.32 Å². The molecule has 0 spiro atoms. The lowest BCUT2D eigenvalue weighted by Crippen LogP contribution is -2.36. The average Bonchev–Trinajstić information content (AvgIpc) is 3.32. The molecule has 1 aliphatic rings. The van der Waals surface area contributed by atoms with Crippen LogP contribution in [0.25, 0.3) is 0 Å². The highest BCUT2D eigenvalue weighted by Gasteiger charge is 2.67. The molecule has 3 rings (SSSR count). The number of hydrogen-bond acceptors (Lipinski definition) is 2. The molecule has 35 heavy (non-hydrogen) atoms. The molecule has 3 nitrogen and oxygen atoms in total. The van der Waals surface area contributed by atoms with E-state index < -0.39 is 70.0 Å². The molecule has 0 heterocycles. The number of carbonyl (C=O) groups is 2. The van der Waals surface area contributed by atoms with Gasteiger partial charge in [-0.2, -0.15) is 22.0 Å². The average molecular weight is 565 g/mol. The number of amides is 1. The van der Waals surface area contributed by atoms with Crippen molar-refractivity contribution < 1.29 is 40.3 Å². The van der Waals surface area contributed by atoms with Crippen LogP contribution in [0.2, 0.25) is 5.02 Å². The number of Topliss-reactive ketones (excluding diaryl/α,β-unsaturated/α-hetero) is 1. The van der Waals surface area contributed by atoms with Gasteiger partial charge in [0.1, 0.15) is 16.0 Å². The molecule has 0 aromatic heterocycles. The van der Waals surface area contributed by atoms with Crippen molar-refractivity contribution in [2.24, 2.45) is 5.92 Å². The number of benzene rings is 2. The minimum absolute atomic E-state index is 0.224. The van der Waals surface area contributed by atoms with Gasteiger partial charge in [-0.15, -0.1) is 23.2 Å². The highest BCUT2D eigenvalue weighted by Crippen LogP contribution is 2.65. The number of hydrogen-bond donors (Lipinski definition) is 1. The topological polar surface area (TPSA) is 46.2 Å². The first-order chi connectivity index (χ1) is 16.0. The van der Waals surface area contributed by atoms with Crippen LogP contribution in [0.15, 0.2) is 30.3 Å². The molecule has 0 bridgehead atoms. The van der Waals surface area contributed by atoms with Gasteiger partial charge in [0, 0.05) is 30.0 Å². The summed E-state index contributed by atoms with van der Waals surface area (Å²) in [6.07, 6.45) is -8.88. The van der Waals surface area contributed by atoms with E-state index in [2.05, 4.69) is 5.32 Å². The van der Waals surface area contributed by atoms with Crippen molar-refractivity contribution >= 4 is 52.2 Å². The molecule has 2 unspecified atom stereocenters. The van der Waals surface area contributed by atoms with E-state index in [9.17, 15) is 40.3 Å². The molecule has 2 aromatic rings. The van der Waals surface area contributed by atoms with Crippen molar-refractivity contribution in [2.45, 2.75) is 42.1 Å². The van der Waals surface area contributed by atoms with Crippen LogP contribution in [0, 0.1) is 24.5 Å². The van der Waals surface area contributed by atoms with Crippen LogP contribution in [0.1, 0.15) is 40.2 Å². The summed E-state index contributed by atoms with van der Waals surface area (Å²) in [5.41, 5.74) is -0.675. The zero-order chi connectivity index (χ0) is 26.5. The Labute approximate surface area is 209 Å². The number of anilines is 1. The van der Waals surface area contributed by atoms with Crippen molar-refractivity contribution in [3.05, 3.63) is 63.7 Å². The fraction of sp³-hybridized carbons (Fsp3) is 0.364. The quantitative estimate of drug-likeness (QED) is 0.214. The van der Waals surface area contributed by atoms with Crippen molar-refractivity contribution in [2.75, 3.05) is 5.32 Å². The molecular formula is C22H15Cl3F7NO2. The second kappa shape index (κ2) is 9.44. The monoisotopic (exact) mass is 563 g/mol. The maximum atomic E-state index is 14.4.